The van der Waals surface area contributed by atoms with E-state index in [9.17, 15) is 4.79 Å². The molecule has 4 fully saturated rings. The lowest BCUT2D eigenvalue weighted by Gasteiger charge is -2.57. The number of Topliss-reactive ketones (excluding diaryl/α,β-unsaturated/α-hetero) is 1. The molecule has 1 nitrogen and oxygen atoms in total. The molecule has 21 heavy (non-hydrogen) atoms. The number of hydrogen-bond acceptors (Lipinski definition) is 1. The molecule has 0 aromatic carbocycles. The Morgan fingerprint density at radius 3 is 2.00 bits per heavy atom. The van der Waals surface area contributed by atoms with Gasteiger partial charge in [-0.05, 0) is 81.0 Å². The molecule has 0 aromatic rings. The van der Waals surface area contributed by atoms with Gasteiger partial charge in [0.1, 0.15) is 5.78 Å². The summed E-state index contributed by atoms with van der Waals surface area (Å²) in [6, 6.07) is 0. The largest absolute Gasteiger partial charge is 0.300 e. The van der Waals surface area contributed by atoms with Crippen LogP contribution in [0, 0.1) is 23.2 Å². The van der Waals surface area contributed by atoms with E-state index in [1.54, 1.807) is 38.5 Å². The second-order valence-electron chi connectivity index (χ2n) is 8.62. The summed E-state index contributed by atoms with van der Waals surface area (Å²) in [4.78, 5) is 11.5. The highest BCUT2D eigenvalue weighted by molar-refractivity contribution is 5.78. The minimum atomic E-state index is 0.485. The maximum Gasteiger partial charge on any atom is 0.132 e. The number of rotatable bonds is 9. The number of carbonyl (C=O) groups is 1. The van der Waals surface area contributed by atoms with Crippen molar-refractivity contribution in [1.29, 1.82) is 0 Å². The lowest BCUT2D eigenvalue weighted by atomic mass is 9.48. The van der Waals surface area contributed by atoms with E-state index in [2.05, 4.69) is 6.92 Å². The van der Waals surface area contributed by atoms with Crippen LogP contribution in [0.15, 0.2) is 0 Å². The van der Waals surface area contributed by atoms with Gasteiger partial charge in [-0.1, -0.05) is 26.2 Å². The molecule has 0 heterocycles. The number of unbranched alkanes of at least 4 members (excludes halogenated alkanes) is 3. The third kappa shape index (κ3) is 3.90. The zero-order valence-corrected chi connectivity index (χ0v) is 14.0. The van der Waals surface area contributed by atoms with Gasteiger partial charge in [-0.2, -0.15) is 0 Å². The molecule has 0 atom stereocenters. The third-order valence-electron chi connectivity index (χ3n) is 6.61. The zero-order valence-electron chi connectivity index (χ0n) is 14.0. The van der Waals surface area contributed by atoms with Crippen molar-refractivity contribution in [2.75, 3.05) is 0 Å². The van der Waals surface area contributed by atoms with Crippen molar-refractivity contribution >= 4 is 5.78 Å². The first-order valence-electron chi connectivity index (χ1n) is 9.71. The molecule has 4 saturated carbocycles. The van der Waals surface area contributed by atoms with Crippen LogP contribution in [0.2, 0.25) is 0 Å². The van der Waals surface area contributed by atoms with Gasteiger partial charge < -0.3 is 0 Å². The van der Waals surface area contributed by atoms with Crippen molar-refractivity contribution in [2.45, 2.75) is 96.8 Å². The van der Waals surface area contributed by atoms with E-state index >= 15 is 0 Å². The van der Waals surface area contributed by atoms with E-state index in [1.165, 1.54) is 25.7 Å². The fourth-order valence-electron chi connectivity index (χ4n) is 6.18. The highest BCUT2D eigenvalue weighted by Crippen LogP contribution is 2.61. The van der Waals surface area contributed by atoms with Gasteiger partial charge in [-0.3, -0.25) is 4.79 Å². The summed E-state index contributed by atoms with van der Waals surface area (Å²) in [6.45, 7) is 2.10. The smallest absolute Gasteiger partial charge is 0.132 e. The molecular weight excluding hydrogens is 256 g/mol. The first-order valence-corrected chi connectivity index (χ1v) is 9.71. The van der Waals surface area contributed by atoms with Crippen LogP contribution in [0.1, 0.15) is 96.8 Å². The van der Waals surface area contributed by atoms with Crippen molar-refractivity contribution in [2.24, 2.45) is 23.2 Å². The molecular formula is C20H34O. The lowest BCUT2D eigenvalue weighted by Crippen LogP contribution is -2.45. The van der Waals surface area contributed by atoms with E-state index in [0.717, 1.165) is 48.9 Å². The molecule has 4 aliphatic rings. The highest BCUT2D eigenvalue weighted by atomic mass is 16.1. The summed E-state index contributed by atoms with van der Waals surface area (Å²) in [5, 5.41) is 0. The minimum absolute atomic E-state index is 0.485. The van der Waals surface area contributed by atoms with E-state index in [-0.39, 0.29) is 0 Å². The standard InChI is InChI=1S/C20H34O/c1-2-7-19(21)8-5-3-4-6-9-20-13-16-10-17(14-20)12-18(11-16)15-20/h16-18H,2-15H2,1H3. The van der Waals surface area contributed by atoms with Gasteiger partial charge in [-0.15, -0.1) is 0 Å². The maximum absolute atomic E-state index is 11.5. The SMILES string of the molecule is CCCC(=O)CCCCCCC12CC3CC(CC(C3)C1)C2. The number of ketones is 1. The van der Waals surface area contributed by atoms with Crippen molar-refractivity contribution < 1.29 is 4.79 Å². The summed E-state index contributed by atoms with van der Waals surface area (Å²) in [6.07, 6.45) is 18.8. The van der Waals surface area contributed by atoms with Crippen molar-refractivity contribution in [1.82, 2.24) is 0 Å². The van der Waals surface area contributed by atoms with Crippen LogP contribution in [0.3, 0.4) is 0 Å². The molecule has 0 aliphatic heterocycles. The highest BCUT2D eigenvalue weighted by Gasteiger charge is 2.50. The molecule has 0 aromatic heterocycles. The molecule has 1 heteroatoms. The predicted molar refractivity (Wildman–Crippen MR) is 88.2 cm³/mol. The summed E-state index contributed by atoms with van der Waals surface area (Å²) >= 11 is 0. The first-order chi connectivity index (χ1) is 10.2. The molecule has 4 aliphatic carbocycles. The summed E-state index contributed by atoms with van der Waals surface area (Å²) in [5.74, 6) is 3.78. The Balaban J connectivity index is 1.32. The van der Waals surface area contributed by atoms with Crippen LogP contribution < -0.4 is 0 Å². The Morgan fingerprint density at radius 1 is 0.857 bits per heavy atom. The van der Waals surface area contributed by atoms with Crippen LogP contribution in [0.5, 0.6) is 0 Å². The second kappa shape index (κ2) is 6.84. The molecule has 4 rings (SSSR count). The quantitative estimate of drug-likeness (QED) is 0.482. The van der Waals surface area contributed by atoms with Crippen molar-refractivity contribution in [3.8, 4) is 0 Å². The topological polar surface area (TPSA) is 17.1 Å². The summed E-state index contributed by atoms with van der Waals surface area (Å²) < 4.78 is 0. The van der Waals surface area contributed by atoms with Gasteiger partial charge in [0.15, 0.2) is 0 Å². The Labute approximate surface area is 131 Å². The Bertz CT molecular complexity index is 322. The molecule has 120 valence electrons. The van der Waals surface area contributed by atoms with Crippen molar-refractivity contribution in [3.63, 3.8) is 0 Å². The molecule has 0 spiro atoms. The lowest BCUT2D eigenvalue weighted by molar-refractivity contribution is -0.119. The predicted octanol–water partition coefficient (Wildman–Crippen LogP) is 5.91. The Morgan fingerprint density at radius 2 is 1.43 bits per heavy atom. The van der Waals surface area contributed by atoms with Crippen LogP contribution >= 0.6 is 0 Å². The number of carbonyl (C=O) groups excluding carboxylic acids is 1. The zero-order chi connectivity index (χ0) is 14.7. The average Bonchev–Trinajstić information content (AvgIpc) is 2.41. The minimum Gasteiger partial charge on any atom is -0.300 e. The molecule has 0 radical (unpaired) electrons. The average molecular weight is 290 g/mol. The Hall–Kier alpha value is -0.330. The normalized spacial score (nSPS) is 37.1. The van der Waals surface area contributed by atoms with Crippen LogP contribution in [0.4, 0.5) is 0 Å². The van der Waals surface area contributed by atoms with Gasteiger partial charge in [0.2, 0.25) is 0 Å². The first kappa shape index (κ1) is 15.6. The van der Waals surface area contributed by atoms with E-state index in [4.69, 9.17) is 0 Å². The second-order valence-corrected chi connectivity index (χ2v) is 8.62. The van der Waals surface area contributed by atoms with Crippen LogP contribution in [-0.2, 0) is 4.79 Å². The van der Waals surface area contributed by atoms with Crippen LogP contribution in [-0.4, -0.2) is 5.78 Å². The molecule has 0 saturated heterocycles. The van der Waals surface area contributed by atoms with Gasteiger partial charge >= 0.3 is 0 Å². The fraction of sp³-hybridized carbons (Fsp3) is 0.950. The summed E-state index contributed by atoms with van der Waals surface area (Å²) in [5.41, 5.74) is 0.771. The molecule has 4 bridgehead atoms. The third-order valence-corrected chi connectivity index (χ3v) is 6.61. The van der Waals surface area contributed by atoms with Gasteiger partial charge in [0.25, 0.3) is 0 Å². The summed E-state index contributed by atoms with van der Waals surface area (Å²) in [7, 11) is 0. The Kier molecular flexibility index (Phi) is 5.07. The van der Waals surface area contributed by atoms with Crippen LogP contribution in [0.25, 0.3) is 0 Å². The van der Waals surface area contributed by atoms with E-state index < -0.39 is 0 Å². The van der Waals surface area contributed by atoms with Crippen molar-refractivity contribution in [3.05, 3.63) is 0 Å². The van der Waals surface area contributed by atoms with Gasteiger partial charge in [0.05, 0.1) is 0 Å². The monoisotopic (exact) mass is 290 g/mol. The molecule has 0 unspecified atom stereocenters. The molecule has 0 amide bonds. The van der Waals surface area contributed by atoms with Gasteiger partial charge in [0, 0.05) is 12.8 Å². The fourth-order valence-corrected chi connectivity index (χ4v) is 6.18. The maximum atomic E-state index is 11.5. The van der Waals surface area contributed by atoms with E-state index in [0.29, 0.717) is 5.78 Å². The number of hydrogen-bond donors (Lipinski definition) is 0. The van der Waals surface area contributed by atoms with E-state index in [1.807, 2.05) is 0 Å². The molecule has 0 N–H and O–H groups in total. The van der Waals surface area contributed by atoms with Gasteiger partial charge in [-0.25, -0.2) is 0 Å².